The smallest absolute Gasteiger partial charge is 0.181 e. The molecule has 3 rings (SSSR count). The van der Waals surface area contributed by atoms with E-state index in [1.165, 1.54) is 0 Å². The van der Waals surface area contributed by atoms with Crippen LogP contribution in [0.15, 0.2) is 42.5 Å². The van der Waals surface area contributed by atoms with E-state index in [4.69, 9.17) is 26.8 Å². The second-order valence-corrected chi connectivity index (χ2v) is 5.81. The lowest BCUT2D eigenvalue weighted by atomic mass is 10.1. The summed E-state index contributed by atoms with van der Waals surface area (Å²) in [6, 6.07) is 12.5. The summed E-state index contributed by atoms with van der Waals surface area (Å²) in [5.41, 5.74) is 7.97. The minimum Gasteiger partial charge on any atom is -0.493 e. The molecular formula is C18H19ClN4O2. The van der Waals surface area contributed by atoms with Crippen molar-refractivity contribution in [2.45, 2.75) is 13.0 Å². The van der Waals surface area contributed by atoms with Gasteiger partial charge in [0.1, 0.15) is 5.82 Å². The Bertz CT molecular complexity index is 849. The predicted molar refractivity (Wildman–Crippen MR) is 97.0 cm³/mol. The average Bonchev–Trinajstić information content (AvgIpc) is 3.12. The van der Waals surface area contributed by atoms with Crippen LogP contribution in [0.25, 0.3) is 11.4 Å². The summed E-state index contributed by atoms with van der Waals surface area (Å²) in [6.45, 7) is 2.49. The average molecular weight is 359 g/mol. The number of rotatable bonds is 6. The van der Waals surface area contributed by atoms with Gasteiger partial charge in [-0.1, -0.05) is 23.7 Å². The predicted octanol–water partition coefficient (Wildman–Crippen LogP) is 3.58. The van der Waals surface area contributed by atoms with Crippen LogP contribution in [0.4, 0.5) is 0 Å². The van der Waals surface area contributed by atoms with Crippen LogP contribution in [0.2, 0.25) is 5.02 Å². The number of benzene rings is 2. The molecule has 1 atom stereocenters. The van der Waals surface area contributed by atoms with Crippen molar-refractivity contribution >= 4 is 11.6 Å². The van der Waals surface area contributed by atoms with Crippen molar-refractivity contribution in [3.05, 3.63) is 58.9 Å². The zero-order valence-corrected chi connectivity index (χ0v) is 14.7. The van der Waals surface area contributed by atoms with Gasteiger partial charge >= 0.3 is 0 Å². The lowest BCUT2D eigenvalue weighted by Gasteiger charge is -2.10. The number of nitrogens with zero attached hydrogens (tertiary/aromatic N) is 2. The van der Waals surface area contributed by atoms with Gasteiger partial charge in [-0.25, -0.2) is 4.98 Å². The van der Waals surface area contributed by atoms with Crippen molar-refractivity contribution in [1.82, 2.24) is 15.2 Å². The molecule has 0 bridgehead atoms. The monoisotopic (exact) mass is 358 g/mol. The SMILES string of the molecule is CCOc1ccc(-c2n[nH]c([C@H](N)c3ccc(Cl)cc3)n2)cc1OC. The minimum absolute atomic E-state index is 0.414. The topological polar surface area (TPSA) is 86.0 Å². The molecule has 1 aromatic heterocycles. The Balaban J connectivity index is 1.87. The number of hydrogen-bond acceptors (Lipinski definition) is 5. The van der Waals surface area contributed by atoms with Gasteiger partial charge in [-0.3, -0.25) is 5.10 Å². The van der Waals surface area contributed by atoms with Gasteiger partial charge in [0.15, 0.2) is 17.3 Å². The Morgan fingerprint density at radius 2 is 1.92 bits per heavy atom. The molecule has 0 fully saturated rings. The number of aromatic nitrogens is 3. The van der Waals surface area contributed by atoms with Crippen LogP contribution < -0.4 is 15.2 Å². The largest absolute Gasteiger partial charge is 0.493 e. The van der Waals surface area contributed by atoms with Gasteiger partial charge in [-0.2, -0.15) is 5.10 Å². The maximum absolute atomic E-state index is 6.26. The zero-order chi connectivity index (χ0) is 17.8. The Kier molecular flexibility index (Phi) is 5.21. The fourth-order valence-electron chi connectivity index (χ4n) is 2.45. The number of H-pyrrole nitrogens is 1. The van der Waals surface area contributed by atoms with Crippen LogP contribution in [0.3, 0.4) is 0 Å². The molecule has 0 aliphatic heterocycles. The Morgan fingerprint density at radius 1 is 1.16 bits per heavy atom. The molecular weight excluding hydrogens is 340 g/mol. The Hall–Kier alpha value is -2.57. The van der Waals surface area contributed by atoms with E-state index in [9.17, 15) is 0 Å². The van der Waals surface area contributed by atoms with Crippen molar-refractivity contribution in [3.8, 4) is 22.9 Å². The fourth-order valence-corrected chi connectivity index (χ4v) is 2.58. The molecule has 2 aromatic carbocycles. The number of halogens is 1. The summed E-state index contributed by atoms with van der Waals surface area (Å²) in [4.78, 5) is 4.51. The highest BCUT2D eigenvalue weighted by molar-refractivity contribution is 6.30. The van der Waals surface area contributed by atoms with Crippen LogP contribution in [-0.2, 0) is 0 Å². The summed E-state index contributed by atoms with van der Waals surface area (Å²) < 4.78 is 10.9. The maximum atomic E-state index is 6.26. The molecule has 1 heterocycles. The van der Waals surface area contributed by atoms with E-state index in [1.807, 2.05) is 37.3 Å². The van der Waals surface area contributed by atoms with Crippen molar-refractivity contribution < 1.29 is 9.47 Å². The third-order valence-electron chi connectivity index (χ3n) is 3.75. The van der Waals surface area contributed by atoms with E-state index in [0.717, 1.165) is 11.1 Å². The molecule has 0 amide bonds. The number of hydrogen-bond donors (Lipinski definition) is 2. The van der Waals surface area contributed by atoms with Crippen molar-refractivity contribution in [2.75, 3.05) is 13.7 Å². The number of ether oxygens (including phenoxy) is 2. The van der Waals surface area contributed by atoms with Gasteiger partial charge < -0.3 is 15.2 Å². The first-order valence-electron chi connectivity index (χ1n) is 7.87. The number of nitrogens with one attached hydrogen (secondary N) is 1. The highest BCUT2D eigenvalue weighted by atomic mass is 35.5. The molecule has 0 radical (unpaired) electrons. The minimum atomic E-state index is -0.414. The Labute approximate surface area is 150 Å². The molecule has 0 unspecified atom stereocenters. The van der Waals surface area contributed by atoms with Crippen LogP contribution >= 0.6 is 11.6 Å². The molecule has 0 saturated heterocycles. The van der Waals surface area contributed by atoms with E-state index in [2.05, 4.69) is 15.2 Å². The van der Waals surface area contributed by atoms with E-state index in [-0.39, 0.29) is 0 Å². The van der Waals surface area contributed by atoms with E-state index >= 15 is 0 Å². The lowest BCUT2D eigenvalue weighted by Crippen LogP contribution is -2.13. The molecule has 7 heteroatoms. The highest BCUT2D eigenvalue weighted by Crippen LogP contribution is 2.31. The number of aromatic amines is 1. The van der Waals surface area contributed by atoms with Gasteiger partial charge in [0.25, 0.3) is 0 Å². The number of nitrogens with two attached hydrogens (primary N) is 1. The van der Waals surface area contributed by atoms with Gasteiger partial charge in [0, 0.05) is 10.6 Å². The lowest BCUT2D eigenvalue weighted by molar-refractivity contribution is 0.311. The van der Waals surface area contributed by atoms with Crippen molar-refractivity contribution in [3.63, 3.8) is 0 Å². The maximum Gasteiger partial charge on any atom is 0.181 e. The summed E-state index contributed by atoms with van der Waals surface area (Å²) >= 11 is 5.91. The van der Waals surface area contributed by atoms with E-state index in [0.29, 0.717) is 34.8 Å². The van der Waals surface area contributed by atoms with Crippen LogP contribution in [0.5, 0.6) is 11.5 Å². The molecule has 0 aliphatic carbocycles. The molecule has 3 aromatic rings. The third-order valence-corrected chi connectivity index (χ3v) is 4.00. The van der Waals surface area contributed by atoms with Crippen LogP contribution in [-0.4, -0.2) is 28.9 Å². The molecule has 6 nitrogen and oxygen atoms in total. The molecule has 0 saturated carbocycles. The second-order valence-electron chi connectivity index (χ2n) is 5.37. The molecule has 0 spiro atoms. The molecule has 25 heavy (non-hydrogen) atoms. The molecule has 3 N–H and O–H groups in total. The fraction of sp³-hybridized carbons (Fsp3) is 0.222. The molecule has 0 aliphatic rings. The number of methoxy groups -OCH3 is 1. The second kappa shape index (κ2) is 7.55. The Morgan fingerprint density at radius 3 is 2.60 bits per heavy atom. The van der Waals surface area contributed by atoms with Gasteiger partial charge in [0.2, 0.25) is 0 Å². The van der Waals surface area contributed by atoms with Crippen molar-refractivity contribution in [1.29, 1.82) is 0 Å². The normalized spacial score (nSPS) is 12.0. The zero-order valence-electron chi connectivity index (χ0n) is 14.0. The van der Waals surface area contributed by atoms with Gasteiger partial charge in [0.05, 0.1) is 19.8 Å². The van der Waals surface area contributed by atoms with Gasteiger partial charge in [-0.15, -0.1) is 0 Å². The summed E-state index contributed by atoms with van der Waals surface area (Å²) in [5, 5.41) is 7.83. The summed E-state index contributed by atoms with van der Waals surface area (Å²) in [6.07, 6.45) is 0. The van der Waals surface area contributed by atoms with Gasteiger partial charge in [-0.05, 0) is 42.8 Å². The highest BCUT2D eigenvalue weighted by Gasteiger charge is 2.16. The van der Waals surface area contributed by atoms with Crippen LogP contribution in [0, 0.1) is 0 Å². The van der Waals surface area contributed by atoms with Crippen LogP contribution in [0.1, 0.15) is 24.4 Å². The van der Waals surface area contributed by atoms with E-state index in [1.54, 1.807) is 19.2 Å². The first kappa shape index (κ1) is 17.3. The first-order chi connectivity index (χ1) is 12.1. The third kappa shape index (κ3) is 3.75. The summed E-state index contributed by atoms with van der Waals surface area (Å²) in [5.74, 6) is 2.43. The molecule has 130 valence electrons. The quantitative estimate of drug-likeness (QED) is 0.703. The summed E-state index contributed by atoms with van der Waals surface area (Å²) in [7, 11) is 1.60. The standard InChI is InChI=1S/C18H19ClN4O2/c1-3-25-14-9-6-12(10-15(14)24-2)17-21-18(23-22-17)16(20)11-4-7-13(19)8-5-11/h4-10,16H,3,20H2,1-2H3,(H,21,22,23)/t16-/m1/s1. The first-order valence-corrected chi connectivity index (χ1v) is 8.24. The van der Waals surface area contributed by atoms with Crippen molar-refractivity contribution in [2.24, 2.45) is 5.73 Å². The van der Waals surface area contributed by atoms with E-state index < -0.39 is 6.04 Å².